The highest BCUT2D eigenvalue weighted by Crippen LogP contribution is 2.15. The number of ether oxygens (including phenoxy) is 1. The molecular formula is C19H20Cl2N2O5S. The lowest BCUT2D eigenvalue weighted by Gasteiger charge is -2.14. The van der Waals surface area contributed by atoms with E-state index in [0.717, 1.165) is 5.56 Å². The van der Waals surface area contributed by atoms with E-state index in [1.807, 2.05) is 0 Å². The smallest absolute Gasteiger partial charge is 0.307 e. The molecule has 7 nitrogen and oxygen atoms in total. The molecule has 1 unspecified atom stereocenters. The number of esters is 1. The van der Waals surface area contributed by atoms with Crippen LogP contribution in [0.15, 0.2) is 53.4 Å². The lowest BCUT2D eigenvalue weighted by atomic mass is 10.2. The van der Waals surface area contributed by atoms with Gasteiger partial charge in [0.15, 0.2) is 6.10 Å². The van der Waals surface area contributed by atoms with Crippen LogP contribution in [0.1, 0.15) is 18.9 Å². The van der Waals surface area contributed by atoms with Gasteiger partial charge in [0, 0.05) is 23.1 Å². The van der Waals surface area contributed by atoms with Crippen LogP contribution in [0.4, 0.5) is 0 Å². The maximum atomic E-state index is 12.1. The van der Waals surface area contributed by atoms with Gasteiger partial charge in [0.2, 0.25) is 10.0 Å². The average Bonchev–Trinajstić information content (AvgIpc) is 2.67. The van der Waals surface area contributed by atoms with E-state index < -0.39 is 28.0 Å². The summed E-state index contributed by atoms with van der Waals surface area (Å²) in [6.07, 6.45) is -1.24. The molecule has 0 radical (unpaired) electrons. The van der Waals surface area contributed by atoms with Crippen molar-refractivity contribution in [1.29, 1.82) is 0 Å². The number of hydrogen-bond acceptors (Lipinski definition) is 5. The lowest BCUT2D eigenvalue weighted by Crippen LogP contribution is -2.36. The summed E-state index contributed by atoms with van der Waals surface area (Å²) in [7, 11) is -3.80. The average molecular weight is 459 g/mol. The Kier molecular flexibility index (Phi) is 8.45. The Morgan fingerprint density at radius 1 is 1.07 bits per heavy atom. The largest absolute Gasteiger partial charge is 0.453 e. The van der Waals surface area contributed by atoms with Crippen LogP contribution in [-0.4, -0.2) is 32.9 Å². The second-order valence-electron chi connectivity index (χ2n) is 6.08. The molecule has 0 aliphatic rings. The minimum Gasteiger partial charge on any atom is -0.453 e. The van der Waals surface area contributed by atoms with Gasteiger partial charge in [-0.05, 0) is 42.8 Å². The Labute approximate surface area is 179 Å². The number of benzene rings is 2. The van der Waals surface area contributed by atoms with E-state index in [0.29, 0.717) is 5.02 Å². The minimum absolute atomic E-state index is 0.00619. The zero-order valence-electron chi connectivity index (χ0n) is 15.5. The van der Waals surface area contributed by atoms with Gasteiger partial charge in [0.05, 0.1) is 11.3 Å². The third-order valence-corrected chi connectivity index (χ3v) is 5.73. The van der Waals surface area contributed by atoms with E-state index in [-0.39, 0.29) is 29.4 Å². The predicted octanol–water partition coefficient (Wildman–Crippen LogP) is 2.91. The van der Waals surface area contributed by atoms with Crippen LogP contribution in [0, 0.1) is 0 Å². The van der Waals surface area contributed by atoms with Crippen LogP contribution >= 0.6 is 23.2 Å². The van der Waals surface area contributed by atoms with Gasteiger partial charge in [-0.15, -0.1) is 0 Å². The molecule has 2 rings (SSSR count). The van der Waals surface area contributed by atoms with Crippen molar-refractivity contribution < 1.29 is 22.7 Å². The molecule has 1 amide bonds. The molecule has 2 aromatic carbocycles. The van der Waals surface area contributed by atoms with E-state index in [1.165, 1.54) is 25.1 Å². The van der Waals surface area contributed by atoms with Crippen molar-refractivity contribution in [2.24, 2.45) is 0 Å². The van der Waals surface area contributed by atoms with E-state index in [9.17, 15) is 18.0 Å². The number of hydrogen-bond donors (Lipinski definition) is 2. The molecule has 156 valence electrons. The van der Waals surface area contributed by atoms with Gasteiger partial charge in [0.25, 0.3) is 5.91 Å². The SMILES string of the molecule is CC(OC(=O)CCNS(=O)(=O)c1cccc(Cl)c1)C(=O)NCc1ccc(Cl)cc1. The molecule has 29 heavy (non-hydrogen) atoms. The van der Waals surface area contributed by atoms with Gasteiger partial charge >= 0.3 is 5.97 Å². The molecule has 1 atom stereocenters. The van der Waals surface area contributed by atoms with E-state index >= 15 is 0 Å². The van der Waals surface area contributed by atoms with E-state index in [1.54, 1.807) is 30.3 Å². The van der Waals surface area contributed by atoms with Crippen molar-refractivity contribution in [3.05, 3.63) is 64.1 Å². The molecule has 0 saturated carbocycles. The topological polar surface area (TPSA) is 102 Å². The van der Waals surface area contributed by atoms with Crippen molar-refractivity contribution in [3.63, 3.8) is 0 Å². The van der Waals surface area contributed by atoms with Crippen LogP contribution in [-0.2, 0) is 30.9 Å². The van der Waals surface area contributed by atoms with Crippen LogP contribution in [0.25, 0.3) is 0 Å². The normalized spacial score (nSPS) is 12.2. The van der Waals surface area contributed by atoms with Crippen LogP contribution in [0.3, 0.4) is 0 Å². The highest BCUT2D eigenvalue weighted by atomic mass is 35.5. The van der Waals surface area contributed by atoms with Gasteiger partial charge in [-0.3, -0.25) is 9.59 Å². The molecule has 2 N–H and O–H groups in total. The number of carbonyl (C=O) groups is 2. The first kappa shape index (κ1) is 23.2. The first-order valence-electron chi connectivity index (χ1n) is 8.64. The molecule has 0 aliphatic carbocycles. The summed E-state index contributed by atoms with van der Waals surface area (Å²) in [5.74, 6) is -1.17. The Balaban J connectivity index is 1.75. The summed E-state index contributed by atoms with van der Waals surface area (Å²) < 4.78 is 31.6. The van der Waals surface area contributed by atoms with Gasteiger partial charge < -0.3 is 10.1 Å². The first-order valence-corrected chi connectivity index (χ1v) is 10.9. The van der Waals surface area contributed by atoms with E-state index in [2.05, 4.69) is 10.0 Å². The molecule has 0 saturated heterocycles. The summed E-state index contributed by atoms with van der Waals surface area (Å²) >= 11 is 11.6. The van der Waals surface area contributed by atoms with Crippen molar-refractivity contribution >= 4 is 45.1 Å². The molecule has 0 spiro atoms. The summed E-state index contributed by atoms with van der Waals surface area (Å²) in [5.41, 5.74) is 0.844. The van der Waals surface area contributed by atoms with Crippen LogP contribution < -0.4 is 10.0 Å². The maximum Gasteiger partial charge on any atom is 0.307 e. The van der Waals surface area contributed by atoms with Gasteiger partial charge in [0.1, 0.15) is 0 Å². The minimum atomic E-state index is -3.80. The zero-order chi connectivity index (χ0) is 21.4. The van der Waals surface area contributed by atoms with Crippen molar-refractivity contribution in [2.75, 3.05) is 6.54 Å². The molecule has 0 bridgehead atoms. The third-order valence-electron chi connectivity index (χ3n) is 3.79. The number of sulfonamides is 1. The van der Waals surface area contributed by atoms with Gasteiger partial charge in [-0.25, -0.2) is 13.1 Å². The monoisotopic (exact) mass is 458 g/mol. The van der Waals surface area contributed by atoms with Gasteiger partial charge in [-0.1, -0.05) is 41.4 Å². The lowest BCUT2D eigenvalue weighted by molar-refractivity contribution is -0.154. The Bertz CT molecular complexity index is 965. The number of amides is 1. The molecule has 0 heterocycles. The zero-order valence-corrected chi connectivity index (χ0v) is 17.9. The highest BCUT2D eigenvalue weighted by molar-refractivity contribution is 7.89. The van der Waals surface area contributed by atoms with E-state index in [4.69, 9.17) is 27.9 Å². The number of halogens is 2. The van der Waals surface area contributed by atoms with Crippen LogP contribution in [0.2, 0.25) is 10.0 Å². The second-order valence-corrected chi connectivity index (χ2v) is 8.72. The van der Waals surface area contributed by atoms with Crippen LogP contribution in [0.5, 0.6) is 0 Å². The fourth-order valence-corrected chi connectivity index (χ4v) is 3.71. The van der Waals surface area contributed by atoms with Crippen molar-refractivity contribution in [3.8, 4) is 0 Å². The number of rotatable bonds is 9. The van der Waals surface area contributed by atoms with Crippen molar-refractivity contribution in [1.82, 2.24) is 10.0 Å². The summed E-state index contributed by atoms with van der Waals surface area (Å²) in [4.78, 5) is 23.9. The molecule has 0 aliphatic heterocycles. The maximum absolute atomic E-state index is 12.1. The fourth-order valence-electron chi connectivity index (χ4n) is 2.25. The molecule has 0 fully saturated rings. The number of nitrogens with one attached hydrogen (secondary N) is 2. The summed E-state index contributed by atoms with van der Waals surface area (Å²) in [5, 5.41) is 3.52. The summed E-state index contributed by atoms with van der Waals surface area (Å²) in [6.45, 7) is 1.52. The first-order chi connectivity index (χ1) is 13.7. The second kappa shape index (κ2) is 10.6. The Morgan fingerprint density at radius 2 is 1.76 bits per heavy atom. The fraction of sp³-hybridized carbons (Fsp3) is 0.263. The quantitative estimate of drug-likeness (QED) is 0.562. The Hall–Kier alpha value is -2.13. The molecule has 2 aromatic rings. The van der Waals surface area contributed by atoms with Gasteiger partial charge in [-0.2, -0.15) is 0 Å². The third kappa shape index (κ3) is 7.66. The molecular weight excluding hydrogens is 439 g/mol. The predicted molar refractivity (Wildman–Crippen MR) is 110 cm³/mol. The van der Waals surface area contributed by atoms with Crippen molar-refractivity contribution in [2.45, 2.75) is 30.9 Å². The standard InChI is InChI=1S/C19H20Cl2N2O5S/c1-13(19(25)22-12-14-5-7-15(20)8-6-14)28-18(24)9-10-23-29(26,27)17-4-2-3-16(21)11-17/h2-8,11,13,23H,9-10,12H2,1H3,(H,22,25). The number of carbonyl (C=O) groups excluding carboxylic acids is 2. The molecule has 10 heteroatoms. The Morgan fingerprint density at radius 3 is 2.41 bits per heavy atom. The highest BCUT2D eigenvalue weighted by Gasteiger charge is 2.19. The summed E-state index contributed by atoms with van der Waals surface area (Å²) in [6, 6.07) is 12.7. The molecule has 0 aromatic heterocycles.